The van der Waals surface area contributed by atoms with Crippen LogP contribution in [0, 0.1) is 5.41 Å². The van der Waals surface area contributed by atoms with Gasteiger partial charge in [0.15, 0.2) is 9.84 Å². The van der Waals surface area contributed by atoms with Gasteiger partial charge < -0.3 is 10.2 Å². The van der Waals surface area contributed by atoms with E-state index in [0.717, 1.165) is 25.9 Å². The zero-order chi connectivity index (χ0) is 13.4. The first-order valence-electron chi connectivity index (χ1n) is 6.56. The number of hydrogen-bond donors (Lipinski definition) is 1. The predicted molar refractivity (Wildman–Crippen MR) is 70.0 cm³/mol. The molecule has 0 aromatic carbocycles. The molecule has 5 nitrogen and oxygen atoms in total. The average Bonchev–Trinajstić information content (AvgIpc) is 2.28. The maximum Gasteiger partial charge on any atom is 0.228 e. The molecule has 0 spiro atoms. The lowest BCUT2D eigenvalue weighted by Crippen LogP contribution is -2.55. The van der Waals surface area contributed by atoms with Crippen molar-refractivity contribution in [1.29, 1.82) is 0 Å². The number of sulfone groups is 1. The minimum atomic E-state index is -2.96. The molecule has 2 heterocycles. The van der Waals surface area contributed by atoms with Gasteiger partial charge in [-0.1, -0.05) is 6.92 Å². The summed E-state index contributed by atoms with van der Waals surface area (Å²) in [6.07, 6.45) is 1.67. The Morgan fingerprint density at radius 3 is 2.50 bits per heavy atom. The van der Waals surface area contributed by atoms with Crippen molar-refractivity contribution in [1.82, 2.24) is 10.2 Å². The molecule has 104 valence electrons. The monoisotopic (exact) mass is 274 g/mol. The molecule has 0 aromatic heterocycles. The van der Waals surface area contributed by atoms with Crippen molar-refractivity contribution < 1.29 is 13.2 Å². The van der Waals surface area contributed by atoms with Crippen LogP contribution in [0.4, 0.5) is 0 Å². The summed E-state index contributed by atoms with van der Waals surface area (Å²) in [4.78, 5) is 14.4. The fourth-order valence-corrected chi connectivity index (χ4v) is 4.40. The summed E-state index contributed by atoms with van der Waals surface area (Å²) in [5.74, 6) is 0.344. The minimum Gasteiger partial charge on any atom is -0.337 e. The molecule has 1 unspecified atom stereocenters. The Balaban J connectivity index is 2.09. The van der Waals surface area contributed by atoms with Crippen LogP contribution in [0.25, 0.3) is 0 Å². The normalized spacial score (nSPS) is 31.0. The molecular formula is C12H22N2O3S. The second-order valence-electron chi connectivity index (χ2n) is 5.77. The lowest BCUT2D eigenvalue weighted by atomic mass is 9.79. The molecule has 0 bridgehead atoms. The quantitative estimate of drug-likeness (QED) is 0.732. The molecule has 0 aliphatic carbocycles. The molecule has 1 N–H and O–H groups in total. The minimum absolute atomic E-state index is 0.104. The highest BCUT2D eigenvalue weighted by atomic mass is 32.2. The molecule has 6 heteroatoms. The van der Waals surface area contributed by atoms with Gasteiger partial charge in [0.25, 0.3) is 0 Å². The van der Waals surface area contributed by atoms with Gasteiger partial charge in [-0.2, -0.15) is 0 Å². The molecule has 0 radical (unpaired) electrons. The van der Waals surface area contributed by atoms with Crippen molar-refractivity contribution in [3.05, 3.63) is 0 Å². The summed E-state index contributed by atoms with van der Waals surface area (Å²) < 4.78 is 23.1. The van der Waals surface area contributed by atoms with Crippen LogP contribution in [-0.2, 0) is 14.6 Å². The smallest absolute Gasteiger partial charge is 0.228 e. The first-order chi connectivity index (χ1) is 8.34. The molecule has 1 amide bonds. The summed E-state index contributed by atoms with van der Waals surface area (Å²) in [6, 6.07) is -0.192. The van der Waals surface area contributed by atoms with Gasteiger partial charge in [0.05, 0.1) is 11.5 Å². The Labute approximate surface area is 109 Å². The number of carbonyl (C=O) groups is 1. The third-order valence-electron chi connectivity index (χ3n) is 4.15. The lowest BCUT2D eigenvalue weighted by molar-refractivity contribution is -0.144. The van der Waals surface area contributed by atoms with Gasteiger partial charge in [-0.3, -0.25) is 4.79 Å². The van der Waals surface area contributed by atoms with E-state index in [0.29, 0.717) is 6.54 Å². The van der Waals surface area contributed by atoms with Crippen LogP contribution in [0.15, 0.2) is 0 Å². The van der Waals surface area contributed by atoms with Crippen LogP contribution in [0.5, 0.6) is 0 Å². The van der Waals surface area contributed by atoms with E-state index in [1.165, 1.54) is 0 Å². The maximum absolute atomic E-state index is 12.6. The van der Waals surface area contributed by atoms with Crippen LogP contribution < -0.4 is 5.32 Å². The van der Waals surface area contributed by atoms with Gasteiger partial charge in [-0.05, 0) is 32.9 Å². The Kier molecular flexibility index (Phi) is 3.69. The summed E-state index contributed by atoms with van der Waals surface area (Å²) in [5, 5.41) is 3.26. The molecule has 0 saturated carbocycles. The van der Waals surface area contributed by atoms with Gasteiger partial charge in [-0.25, -0.2) is 8.42 Å². The Bertz CT molecular complexity index is 427. The summed E-state index contributed by atoms with van der Waals surface area (Å²) in [7, 11) is -2.96. The Hall–Kier alpha value is -0.620. The van der Waals surface area contributed by atoms with E-state index < -0.39 is 9.84 Å². The number of carbonyl (C=O) groups excluding carboxylic acids is 1. The van der Waals surface area contributed by atoms with Gasteiger partial charge in [0.1, 0.15) is 0 Å². The van der Waals surface area contributed by atoms with E-state index in [2.05, 4.69) is 5.32 Å². The van der Waals surface area contributed by atoms with Crippen LogP contribution in [0.2, 0.25) is 0 Å². The number of piperidine rings is 1. The van der Waals surface area contributed by atoms with Gasteiger partial charge in [0.2, 0.25) is 5.91 Å². The summed E-state index contributed by atoms with van der Waals surface area (Å²) >= 11 is 0. The number of hydrogen-bond acceptors (Lipinski definition) is 4. The highest BCUT2D eigenvalue weighted by Crippen LogP contribution is 2.32. The molecule has 2 rings (SSSR count). The van der Waals surface area contributed by atoms with E-state index in [-0.39, 0.29) is 28.9 Å². The number of nitrogens with zero attached hydrogens (tertiary/aromatic N) is 1. The third-order valence-corrected chi connectivity index (χ3v) is 5.95. The Morgan fingerprint density at radius 2 is 1.94 bits per heavy atom. The van der Waals surface area contributed by atoms with E-state index in [4.69, 9.17) is 0 Å². The molecular weight excluding hydrogens is 252 g/mol. The van der Waals surface area contributed by atoms with E-state index in [9.17, 15) is 13.2 Å². The van der Waals surface area contributed by atoms with Gasteiger partial charge in [-0.15, -0.1) is 0 Å². The van der Waals surface area contributed by atoms with Crippen LogP contribution in [0.1, 0.15) is 26.7 Å². The van der Waals surface area contributed by atoms with E-state index in [1.807, 2.05) is 13.8 Å². The second kappa shape index (κ2) is 4.81. The first-order valence-corrected chi connectivity index (χ1v) is 8.38. The molecule has 1 atom stereocenters. The van der Waals surface area contributed by atoms with Crippen LogP contribution in [-0.4, -0.2) is 56.4 Å². The zero-order valence-electron chi connectivity index (χ0n) is 11.1. The third kappa shape index (κ3) is 2.69. The fourth-order valence-electron chi connectivity index (χ4n) is 2.84. The number of nitrogens with one attached hydrogen (secondary N) is 1. The molecule has 2 aliphatic rings. The number of rotatable bonds is 1. The molecule has 2 fully saturated rings. The van der Waals surface area contributed by atoms with E-state index in [1.54, 1.807) is 4.90 Å². The Morgan fingerprint density at radius 1 is 1.33 bits per heavy atom. The largest absolute Gasteiger partial charge is 0.337 e. The zero-order valence-corrected chi connectivity index (χ0v) is 11.9. The molecule has 0 aromatic rings. The molecule has 2 aliphatic heterocycles. The van der Waals surface area contributed by atoms with Crippen molar-refractivity contribution >= 4 is 15.7 Å². The second-order valence-corrected chi connectivity index (χ2v) is 8.00. The number of amides is 1. The SMILES string of the molecule is CC1CS(=O)(=O)CCN1C(=O)C1(C)CCNCC1. The van der Waals surface area contributed by atoms with Gasteiger partial charge >= 0.3 is 0 Å². The average molecular weight is 274 g/mol. The molecule has 2 saturated heterocycles. The van der Waals surface area contributed by atoms with Crippen LogP contribution in [0.3, 0.4) is 0 Å². The molecule has 18 heavy (non-hydrogen) atoms. The summed E-state index contributed by atoms with van der Waals surface area (Å²) in [6.45, 7) is 5.92. The highest BCUT2D eigenvalue weighted by Gasteiger charge is 2.41. The van der Waals surface area contributed by atoms with Crippen molar-refractivity contribution in [3.63, 3.8) is 0 Å². The summed E-state index contributed by atoms with van der Waals surface area (Å²) in [5.41, 5.74) is -0.319. The van der Waals surface area contributed by atoms with Crippen molar-refractivity contribution in [3.8, 4) is 0 Å². The predicted octanol–water partition coefficient (Wildman–Crippen LogP) is 0.0216. The fraction of sp³-hybridized carbons (Fsp3) is 0.917. The highest BCUT2D eigenvalue weighted by molar-refractivity contribution is 7.91. The van der Waals surface area contributed by atoms with Crippen LogP contribution >= 0.6 is 0 Å². The first kappa shape index (κ1) is 13.8. The van der Waals surface area contributed by atoms with Gasteiger partial charge in [0, 0.05) is 18.0 Å². The van der Waals surface area contributed by atoms with E-state index >= 15 is 0 Å². The lowest BCUT2D eigenvalue weighted by Gasteiger charge is -2.41. The van der Waals surface area contributed by atoms with Crippen molar-refractivity contribution in [2.24, 2.45) is 5.41 Å². The van der Waals surface area contributed by atoms with Crippen molar-refractivity contribution in [2.45, 2.75) is 32.7 Å². The standard InChI is InChI=1S/C12H22N2O3S/c1-10-9-18(16,17)8-7-14(10)11(15)12(2)3-5-13-6-4-12/h10,13H,3-9H2,1-2H3. The topological polar surface area (TPSA) is 66.5 Å². The maximum atomic E-state index is 12.6. The van der Waals surface area contributed by atoms with Crippen molar-refractivity contribution in [2.75, 3.05) is 31.1 Å².